The second kappa shape index (κ2) is 19.8. The summed E-state index contributed by atoms with van der Waals surface area (Å²) in [6, 6.07) is 24.9. The number of carbonyl (C=O) groups excluding carboxylic acids is 1. The molecule has 3 heteroatoms. The van der Waals surface area contributed by atoms with Crippen molar-refractivity contribution in [2.24, 2.45) is 0 Å². The first-order chi connectivity index (χ1) is 21.7. The van der Waals surface area contributed by atoms with Gasteiger partial charge in [0, 0.05) is 28.9 Å². The first kappa shape index (κ1) is 33.6. The lowest BCUT2D eigenvalue weighted by atomic mass is 9.90. The maximum absolute atomic E-state index is 12.4. The summed E-state index contributed by atoms with van der Waals surface area (Å²) in [7, 11) is 0. The summed E-state index contributed by atoms with van der Waals surface area (Å²) in [5, 5.41) is 3.54. The number of fused-ring (bicyclic) bond motifs is 2. The van der Waals surface area contributed by atoms with E-state index in [4.69, 9.17) is 4.74 Å². The first-order valence-electron chi connectivity index (χ1n) is 17.7. The van der Waals surface area contributed by atoms with E-state index in [1.807, 2.05) is 12.1 Å². The second-order valence-corrected chi connectivity index (χ2v) is 12.6. The smallest absolute Gasteiger partial charge is 0.170 e. The molecule has 0 saturated carbocycles. The van der Waals surface area contributed by atoms with Crippen LogP contribution in [0, 0.1) is 0 Å². The van der Waals surface area contributed by atoms with Gasteiger partial charge in [-0.3, -0.25) is 4.79 Å². The number of anilines is 2. The number of para-hydroxylation sites is 2. The number of Topliss-reactive ketones (excluding diaryl/α,β-unsaturated/α-hetero) is 1. The van der Waals surface area contributed by atoms with Gasteiger partial charge >= 0.3 is 0 Å². The molecule has 3 nitrogen and oxygen atoms in total. The maximum atomic E-state index is 12.4. The van der Waals surface area contributed by atoms with E-state index in [1.165, 1.54) is 113 Å². The third-order valence-corrected chi connectivity index (χ3v) is 8.85. The van der Waals surface area contributed by atoms with E-state index in [-0.39, 0.29) is 12.4 Å². The Morgan fingerprint density at radius 2 is 1.05 bits per heavy atom. The van der Waals surface area contributed by atoms with Crippen molar-refractivity contribution < 1.29 is 9.53 Å². The SMILES string of the molecule is CCCCCCCCCCCCCCCCCCCC(=O)COc1ccc(C=C2c3ccccc3Nc3ccccc32)cc1. The largest absolute Gasteiger partial charge is 0.486 e. The molecule has 0 bridgehead atoms. The normalized spacial score (nSPS) is 11.9. The van der Waals surface area contributed by atoms with Crippen LogP contribution >= 0.6 is 0 Å². The topological polar surface area (TPSA) is 38.3 Å². The molecule has 0 spiro atoms. The summed E-state index contributed by atoms with van der Waals surface area (Å²) in [4.78, 5) is 12.4. The maximum Gasteiger partial charge on any atom is 0.170 e. The van der Waals surface area contributed by atoms with Crippen molar-refractivity contribution in [3.63, 3.8) is 0 Å². The lowest BCUT2D eigenvalue weighted by Gasteiger charge is -2.24. The third-order valence-electron chi connectivity index (χ3n) is 8.85. The first-order valence-corrected chi connectivity index (χ1v) is 17.7. The fourth-order valence-electron chi connectivity index (χ4n) is 6.21. The monoisotopic (exact) mass is 593 g/mol. The van der Waals surface area contributed by atoms with Gasteiger partial charge in [0.05, 0.1) is 0 Å². The molecule has 236 valence electrons. The van der Waals surface area contributed by atoms with Crippen molar-refractivity contribution in [3.05, 3.63) is 89.5 Å². The molecule has 1 N–H and O–H groups in total. The molecule has 0 fully saturated rings. The zero-order valence-electron chi connectivity index (χ0n) is 27.3. The molecular weight excluding hydrogens is 538 g/mol. The highest BCUT2D eigenvalue weighted by molar-refractivity contribution is 6.02. The molecular formula is C41H55NO2. The summed E-state index contributed by atoms with van der Waals surface area (Å²) in [5.74, 6) is 0.939. The van der Waals surface area contributed by atoms with Crippen LogP contribution in [0.3, 0.4) is 0 Å². The third kappa shape index (κ3) is 11.6. The van der Waals surface area contributed by atoms with Gasteiger partial charge in [-0.2, -0.15) is 0 Å². The number of ketones is 1. The quantitative estimate of drug-likeness (QED) is 0.0921. The highest BCUT2D eigenvalue weighted by Crippen LogP contribution is 2.41. The summed E-state index contributed by atoms with van der Waals surface area (Å²) >= 11 is 0. The van der Waals surface area contributed by atoms with Crippen molar-refractivity contribution in [2.75, 3.05) is 11.9 Å². The van der Waals surface area contributed by atoms with Gasteiger partial charge in [-0.25, -0.2) is 0 Å². The van der Waals surface area contributed by atoms with Crippen LogP contribution in [-0.4, -0.2) is 12.4 Å². The van der Waals surface area contributed by atoms with Crippen LogP contribution in [0.15, 0.2) is 72.8 Å². The number of rotatable bonds is 22. The highest BCUT2D eigenvalue weighted by Gasteiger charge is 2.18. The van der Waals surface area contributed by atoms with Crippen molar-refractivity contribution in [2.45, 2.75) is 122 Å². The molecule has 44 heavy (non-hydrogen) atoms. The van der Waals surface area contributed by atoms with E-state index in [0.29, 0.717) is 6.42 Å². The van der Waals surface area contributed by atoms with Gasteiger partial charge in [-0.1, -0.05) is 158 Å². The van der Waals surface area contributed by atoms with E-state index in [9.17, 15) is 4.79 Å². The van der Waals surface area contributed by atoms with Crippen molar-refractivity contribution in [3.8, 4) is 5.75 Å². The molecule has 0 amide bonds. The summed E-state index contributed by atoms with van der Waals surface area (Å²) < 4.78 is 5.83. The molecule has 0 atom stereocenters. The zero-order valence-corrected chi connectivity index (χ0v) is 27.3. The standard InChI is InChI=1S/C41H55NO2/c1-2-3-4-5-6-7-8-9-10-11-12-13-14-15-16-17-18-23-35(43)33-44-36-30-28-34(29-31-36)32-39-37-24-19-21-26-40(37)42-41-27-22-20-25-38(39)41/h19-22,24-32,42H,2-18,23,33H2,1H3. The van der Waals surface area contributed by atoms with E-state index in [2.05, 4.69) is 79.0 Å². The summed E-state index contributed by atoms with van der Waals surface area (Å²) in [6.45, 7) is 2.45. The number of benzene rings is 3. The Morgan fingerprint density at radius 3 is 1.55 bits per heavy atom. The van der Waals surface area contributed by atoms with Gasteiger partial charge < -0.3 is 10.1 Å². The second-order valence-electron chi connectivity index (χ2n) is 12.6. The summed E-state index contributed by atoms with van der Waals surface area (Å²) in [6.07, 6.45) is 25.8. The van der Waals surface area contributed by atoms with E-state index < -0.39 is 0 Å². The van der Waals surface area contributed by atoms with Crippen LogP contribution in [0.5, 0.6) is 5.75 Å². The van der Waals surface area contributed by atoms with Gasteiger partial charge in [0.2, 0.25) is 0 Å². The van der Waals surface area contributed by atoms with Crippen molar-refractivity contribution in [1.82, 2.24) is 0 Å². The van der Waals surface area contributed by atoms with E-state index in [0.717, 1.165) is 35.5 Å². The number of carbonyl (C=O) groups is 1. The lowest BCUT2D eigenvalue weighted by Crippen LogP contribution is -2.10. The van der Waals surface area contributed by atoms with E-state index >= 15 is 0 Å². The van der Waals surface area contributed by atoms with Crippen LogP contribution in [0.4, 0.5) is 11.4 Å². The average molecular weight is 594 g/mol. The Balaban J connectivity index is 1.04. The molecule has 4 rings (SSSR count). The molecule has 1 aliphatic rings. The molecule has 3 aromatic rings. The Labute approximate surface area is 267 Å². The highest BCUT2D eigenvalue weighted by atomic mass is 16.5. The van der Waals surface area contributed by atoms with Crippen LogP contribution in [0.25, 0.3) is 11.6 Å². The number of nitrogens with one attached hydrogen (secondary N) is 1. The van der Waals surface area contributed by atoms with E-state index in [1.54, 1.807) is 0 Å². The fraction of sp³-hybridized carbons (Fsp3) is 0.488. The van der Waals surface area contributed by atoms with Crippen LogP contribution in [0.1, 0.15) is 139 Å². The zero-order chi connectivity index (χ0) is 30.7. The molecule has 0 aliphatic carbocycles. The Bertz CT molecular complexity index is 1230. The van der Waals surface area contributed by atoms with Gasteiger partial charge in [0.15, 0.2) is 5.78 Å². The Hall–Kier alpha value is -3.33. The van der Waals surface area contributed by atoms with Gasteiger partial charge in [-0.15, -0.1) is 0 Å². The minimum atomic E-state index is 0.158. The van der Waals surface area contributed by atoms with Crippen molar-refractivity contribution >= 4 is 28.8 Å². The minimum absolute atomic E-state index is 0.158. The summed E-state index contributed by atoms with van der Waals surface area (Å²) in [5.41, 5.74) is 6.94. The number of hydrogen-bond donors (Lipinski definition) is 1. The van der Waals surface area contributed by atoms with Gasteiger partial charge in [0.25, 0.3) is 0 Å². The van der Waals surface area contributed by atoms with Crippen LogP contribution in [-0.2, 0) is 4.79 Å². The molecule has 0 aromatic heterocycles. The molecule has 0 unspecified atom stereocenters. The predicted octanol–water partition coefficient (Wildman–Crippen LogP) is 12.3. The molecule has 1 heterocycles. The Morgan fingerprint density at radius 1 is 0.591 bits per heavy atom. The molecule has 0 radical (unpaired) electrons. The number of ether oxygens (including phenoxy) is 1. The molecule has 3 aromatic carbocycles. The Kier molecular flexibility index (Phi) is 15.1. The fourth-order valence-corrected chi connectivity index (χ4v) is 6.21. The predicted molar refractivity (Wildman–Crippen MR) is 189 cm³/mol. The molecule has 0 saturated heterocycles. The number of unbranched alkanes of at least 4 members (excludes halogenated alkanes) is 16. The minimum Gasteiger partial charge on any atom is -0.486 e. The van der Waals surface area contributed by atoms with Crippen LogP contribution < -0.4 is 10.1 Å². The van der Waals surface area contributed by atoms with Crippen LogP contribution in [0.2, 0.25) is 0 Å². The molecule has 1 aliphatic heterocycles. The lowest BCUT2D eigenvalue weighted by molar-refractivity contribution is -0.121. The average Bonchev–Trinajstić information content (AvgIpc) is 3.05. The van der Waals surface area contributed by atoms with Crippen molar-refractivity contribution in [1.29, 1.82) is 0 Å². The number of hydrogen-bond acceptors (Lipinski definition) is 3. The van der Waals surface area contributed by atoms with Gasteiger partial charge in [0.1, 0.15) is 12.4 Å². The van der Waals surface area contributed by atoms with Gasteiger partial charge in [-0.05, 0) is 47.9 Å².